The molecular weight excluding hydrogens is 324 g/mol. The van der Waals surface area contributed by atoms with Crippen LogP contribution in [-0.2, 0) is 11.3 Å². The van der Waals surface area contributed by atoms with Gasteiger partial charge in [0.2, 0.25) is 0 Å². The van der Waals surface area contributed by atoms with Gasteiger partial charge in [-0.2, -0.15) is 5.10 Å². The number of hydrogen-bond acceptors (Lipinski definition) is 3. The lowest BCUT2D eigenvalue weighted by atomic mass is 10.0. The second-order valence-electron chi connectivity index (χ2n) is 7.20. The summed E-state index contributed by atoms with van der Waals surface area (Å²) in [7, 11) is -1.69. The van der Waals surface area contributed by atoms with Gasteiger partial charge in [-0.3, -0.25) is 4.79 Å². The maximum atomic E-state index is 12.1. The molecule has 2 aromatic rings. The van der Waals surface area contributed by atoms with Gasteiger partial charge in [0.1, 0.15) is 5.78 Å². The minimum absolute atomic E-state index is 0.220. The lowest BCUT2D eigenvalue weighted by Crippen LogP contribution is -2.42. The highest BCUT2D eigenvalue weighted by Gasteiger charge is 2.24. The number of hydrazone groups is 1. The van der Waals surface area contributed by atoms with E-state index in [4.69, 9.17) is 5.10 Å². The fraction of sp³-hybridized carbons (Fsp3) is 0.333. The van der Waals surface area contributed by atoms with Crippen molar-refractivity contribution in [3.63, 3.8) is 0 Å². The molecule has 0 aliphatic heterocycles. The van der Waals surface area contributed by atoms with Crippen LogP contribution in [0.3, 0.4) is 0 Å². The second-order valence-corrected chi connectivity index (χ2v) is 12.1. The van der Waals surface area contributed by atoms with Gasteiger partial charge in [-0.25, -0.2) is 0 Å². The number of carbonyl (C=O) groups excluding carboxylic acids is 1. The standard InChI is InChI=1S/C21H28N2OSi/c1-5-20(24)16-21(19-14-10-7-11-15-19)22-23(25(2,3)4)17-18-12-8-6-9-13-18/h6-15H,5,16-17H2,1-4H3. The number of benzene rings is 2. The first-order valence-corrected chi connectivity index (χ1v) is 12.3. The third-order valence-corrected chi connectivity index (χ3v) is 5.86. The van der Waals surface area contributed by atoms with Crippen LogP contribution in [0.2, 0.25) is 19.6 Å². The summed E-state index contributed by atoms with van der Waals surface area (Å²) in [6, 6.07) is 20.4. The zero-order chi connectivity index (χ0) is 18.3. The van der Waals surface area contributed by atoms with Crippen LogP contribution in [0.5, 0.6) is 0 Å². The summed E-state index contributed by atoms with van der Waals surface area (Å²) in [4.78, 5) is 12.1. The molecule has 0 fully saturated rings. The molecule has 3 nitrogen and oxygen atoms in total. The molecule has 0 spiro atoms. The molecule has 0 bridgehead atoms. The van der Waals surface area contributed by atoms with E-state index in [0.29, 0.717) is 12.8 Å². The lowest BCUT2D eigenvalue weighted by molar-refractivity contribution is -0.117. The van der Waals surface area contributed by atoms with Gasteiger partial charge in [0.15, 0.2) is 8.24 Å². The Hall–Kier alpha value is -2.20. The Balaban J connectivity index is 2.38. The Morgan fingerprint density at radius 3 is 2.04 bits per heavy atom. The summed E-state index contributed by atoms with van der Waals surface area (Å²) < 4.78 is 2.22. The highest BCUT2D eigenvalue weighted by molar-refractivity contribution is 6.73. The smallest absolute Gasteiger partial charge is 0.169 e. The van der Waals surface area contributed by atoms with Gasteiger partial charge in [0.05, 0.1) is 18.7 Å². The molecule has 0 radical (unpaired) electrons. The summed E-state index contributed by atoms with van der Waals surface area (Å²) in [6.45, 7) is 9.52. The van der Waals surface area contributed by atoms with Crippen LogP contribution in [0, 0.1) is 0 Å². The molecule has 0 heterocycles. The fourth-order valence-corrected chi connectivity index (χ4v) is 3.54. The average molecular weight is 353 g/mol. The molecule has 0 atom stereocenters. The van der Waals surface area contributed by atoms with Crippen LogP contribution in [0.1, 0.15) is 30.9 Å². The van der Waals surface area contributed by atoms with Crippen LogP contribution in [0.4, 0.5) is 0 Å². The molecule has 2 rings (SSSR count). The van der Waals surface area contributed by atoms with E-state index in [1.54, 1.807) is 0 Å². The molecule has 0 amide bonds. The Kier molecular flexibility index (Phi) is 6.71. The molecule has 0 aliphatic rings. The van der Waals surface area contributed by atoms with Crippen molar-refractivity contribution in [2.75, 3.05) is 0 Å². The number of rotatable bonds is 8. The zero-order valence-electron chi connectivity index (χ0n) is 15.7. The first-order chi connectivity index (χ1) is 11.9. The van der Waals surface area contributed by atoms with Crippen molar-refractivity contribution in [2.45, 2.75) is 46.0 Å². The number of Topliss-reactive ketones (excluding diaryl/α,β-unsaturated/α-hetero) is 1. The van der Waals surface area contributed by atoms with E-state index in [1.165, 1.54) is 5.56 Å². The predicted molar refractivity (Wildman–Crippen MR) is 108 cm³/mol. The normalized spacial score (nSPS) is 12.1. The van der Waals surface area contributed by atoms with Crippen LogP contribution in [0.15, 0.2) is 65.8 Å². The molecule has 0 N–H and O–H groups in total. The molecular formula is C21H28N2OSi. The van der Waals surface area contributed by atoms with Crippen molar-refractivity contribution >= 4 is 19.7 Å². The van der Waals surface area contributed by atoms with Crippen molar-refractivity contribution in [1.29, 1.82) is 0 Å². The highest BCUT2D eigenvalue weighted by Crippen LogP contribution is 2.18. The molecule has 0 aliphatic carbocycles. The molecule has 2 aromatic carbocycles. The SMILES string of the molecule is CCC(=O)CC(=NN(Cc1ccccc1)[Si](C)(C)C)c1ccccc1. The summed E-state index contributed by atoms with van der Waals surface area (Å²) in [5, 5.41) is 4.99. The van der Waals surface area contributed by atoms with Gasteiger partial charge in [0.25, 0.3) is 0 Å². The van der Waals surface area contributed by atoms with Crippen molar-refractivity contribution < 1.29 is 4.79 Å². The molecule has 0 aromatic heterocycles. The first kappa shape index (κ1) is 19.1. The number of ketones is 1. The number of nitrogens with zero attached hydrogens (tertiary/aromatic N) is 2. The monoisotopic (exact) mass is 352 g/mol. The number of hydrogen-bond donors (Lipinski definition) is 0. The van der Waals surface area contributed by atoms with Gasteiger partial charge in [-0.15, -0.1) is 0 Å². The van der Waals surface area contributed by atoms with E-state index >= 15 is 0 Å². The van der Waals surface area contributed by atoms with Crippen molar-refractivity contribution in [3.05, 3.63) is 71.8 Å². The Labute approximate surface area is 152 Å². The van der Waals surface area contributed by atoms with E-state index in [2.05, 4.69) is 48.6 Å². The van der Waals surface area contributed by atoms with Crippen LogP contribution in [-0.4, -0.2) is 24.4 Å². The largest absolute Gasteiger partial charge is 0.320 e. The topological polar surface area (TPSA) is 32.7 Å². The highest BCUT2D eigenvalue weighted by atomic mass is 28.3. The second kappa shape index (κ2) is 8.76. The van der Waals surface area contributed by atoms with E-state index in [9.17, 15) is 4.79 Å². The molecule has 0 unspecified atom stereocenters. The van der Waals surface area contributed by atoms with E-state index in [1.807, 2.05) is 43.3 Å². The maximum Gasteiger partial charge on any atom is 0.169 e. The van der Waals surface area contributed by atoms with E-state index in [-0.39, 0.29) is 5.78 Å². The Morgan fingerprint density at radius 2 is 1.52 bits per heavy atom. The number of carbonyl (C=O) groups is 1. The zero-order valence-corrected chi connectivity index (χ0v) is 16.7. The van der Waals surface area contributed by atoms with Crippen LogP contribution < -0.4 is 0 Å². The summed E-state index contributed by atoms with van der Waals surface area (Å²) >= 11 is 0. The molecule has 132 valence electrons. The summed E-state index contributed by atoms with van der Waals surface area (Å²) in [5.74, 6) is 0.220. The molecule has 0 saturated heterocycles. The van der Waals surface area contributed by atoms with Crippen molar-refractivity contribution in [1.82, 2.24) is 4.67 Å². The molecule has 25 heavy (non-hydrogen) atoms. The van der Waals surface area contributed by atoms with Gasteiger partial charge in [0, 0.05) is 6.42 Å². The van der Waals surface area contributed by atoms with Crippen molar-refractivity contribution in [3.8, 4) is 0 Å². The van der Waals surface area contributed by atoms with E-state index in [0.717, 1.165) is 17.8 Å². The summed E-state index contributed by atoms with van der Waals surface area (Å²) in [5.41, 5.74) is 3.13. The minimum Gasteiger partial charge on any atom is -0.320 e. The maximum absolute atomic E-state index is 12.1. The first-order valence-electron chi connectivity index (χ1n) is 8.86. The third-order valence-electron chi connectivity index (χ3n) is 4.06. The third kappa shape index (κ3) is 5.98. The summed E-state index contributed by atoms with van der Waals surface area (Å²) in [6.07, 6.45) is 0.924. The van der Waals surface area contributed by atoms with Crippen LogP contribution in [0.25, 0.3) is 0 Å². The van der Waals surface area contributed by atoms with Gasteiger partial charge < -0.3 is 4.67 Å². The predicted octanol–water partition coefficient (Wildman–Crippen LogP) is 5.10. The average Bonchev–Trinajstić information content (AvgIpc) is 2.61. The van der Waals surface area contributed by atoms with Gasteiger partial charge in [-0.1, -0.05) is 87.2 Å². The van der Waals surface area contributed by atoms with Crippen molar-refractivity contribution in [2.24, 2.45) is 5.10 Å². The lowest BCUT2D eigenvalue weighted by Gasteiger charge is -2.32. The minimum atomic E-state index is -1.69. The fourth-order valence-electron chi connectivity index (χ4n) is 2.46. The molecule has 0 saturated carbocycles. The quantitative estimate of drug-likeness (QED) is 0.376. The van der Waals surface area contributed by atoms with Gasteiger partial charge in [-0.05, 0) is 11.1 Å². The Bertz CT molecular complexity index is 706. The van der Waals surface area contributed by atoms with E-state index < -0.39 is 8.24 Å². The van der Waals surface area contributed by atoms with Crippen LogP contribution >= 0.6 is 0 Å². The van der Waals surface area contributed by atoms with Gasteiger partial charge >= 0.3 is 0 Å². The Morgan fingerprint density at radius 1 is 0.960 bits per heavy atom. The molecule has 4 heteroatoms.